The van der Waals surface area contributed by atoms with Crippen LogP contribution in [0.4, 0.5) is 5.69 Å². The fourth-order valence-electron chi connectivity index (χ4n) is 3.02. The Hall–Kier alpha value is -2.18. The van der Waals surface area contributed by atoms with Gasteiger partial charge in [0.15, 0.2) is 0 Å². The van der Waals surface area contributed by atoms with Crippen LogP contribution in [-0.2, 0) is 27.4 Å². The van der Waals surface area contributed by atoms with Gasteiger partial charge in [-0.1, -0.05) is 36.0 Å². The molecular formula is C25H34Cl2N2O7S. The first-order valence-corrected chi connectivity index (χ1v) is 13.2. The van der Waals surface area contributed by atoms with Crippen LogP contribution in [0.2, 0.25) is 10.0 Å². The van der Waals surface area contributed by atoms with Gasteiger partial charge < -0.3 is 36.2 Å². The predicted octanol–water partition coefficient (Wildman–Crippen LogP) is 4.28. The summed E-state index contributed by atoms with van der Waals surface area (Å²) in [6.45, 7) is 2.91. The molecule has 0 saturated carbocycles. The van der Waals surface area contributed by atoms with E-state index < -0.39 is 18.0 Å². The number of halogens is 2. The number of aliphatic hydroxyl groups is 2. The molecule has 0 radical (unpaired) electrons. The van der Waals surface area contributed by atoms with E-state index in [2.05, 4.69) is 11.4 Å². The Kier molecular flexibility index (Phi) is 16.8. The van der Waals surface area contributed by atoms with Crippen molar-refractivity contribution in [2.45, 2.75) is 44.8 Å². The molecule has 7 N–H and O–H groups in total. The molecule has 206 valence electrons. The molecule has 9 nitrogen and oxygen atoms in total. The molecule has 0 fully saturated rings. The molecule has 37 heavy (non-hydrogen) atoms. The number of aliphatic carboxylic acids is 2. The first-order chi connectivity index (χ1) is 17.6. The minimum absolute atomic E-state index is 0.115. The number of ether oxygens (including phenoxy) is 1. The van der Waals surface area contributed by atoms with Crippen LogP contribution in [0.15, 0.2) is 36.4 Å². The van der Waals surface area contributed by atoms with Gasteiger partial charge in [-0.15, -0.1) is 11.3 Å². The Morgan fingerprint density at radius 2 is 1.59 bits per heavy atom. The number of nitrogens with two attached hydrogens (primary N) is 1. The SMILES string of the molecule is Nc1c(Cl)cc(C(O)CNCCCCCCOCCc2ccc(CO)s2)cc1Cl.O=C(O)/C=C/C(=O)O. The van der Waals surface area contributed by atoms with Crippen molar-refractivity contribution in [1.82, 2.24) is 5.32 Å². The van der Waals surface area contributed by atoms with E-state index in [1.165, 1.54) is 4.88 Å². The number of carboxylic acid groups (broad SMARTS) is 2. The molecule has 0 aliphatic rings. The average Bonchev–Trinajstić information content (AvgIpc) is 3.32. The van der Waals surface area contributed by atoms with Crippen molar-refractivity contribution in [2.75, 3.05) is 32.0 Å². The predicted molar refractivity (Wildman–Crippen MR) is 146 cm³/mol. The largest absolute Gasteiger partial charge is 0.478 e. The van der Waals surface area contributed by atoms with Crippen molar-refractivity contribution in [3.63, 3.8) is 0 Å². The van der Waals surface area contributed by atoms with Crippen LogP contribution in [0.5, 0.6) is 0 Å². The van der Waals surface area contributed by atoms with Crippen molar-refractivity contribution in [2.24, 2.45) is 0 Å². The smallest absolute Gasteiger partial charge is 0.328 e. The lowest BCUT2D eigenvalue weighted by Gasteiger charge is -2.14. The third kappa shape index (κ3) is 15.0. The third-order valence-corrected chi connectivity index (χ3v) is 6.71. The van der Waals surface area contributed by atoms with E-state index in [4.69, 9.17) is 49.0 Å². The second kappa shape index (κ2) is 19.0. The summed E-state index contributed by atoms with van der Waals surface area (Å²) in [5.41, 5.74) is 6.71. The summed E-state index contributed by atoms with van der Waals surface area (Å²) in [7, 11) is 0. The van der Waals surface area contributed by atoms with Gasteiger partial charge in [-0.3, -0.25) is 0 Å². The normalized spacial score (nSPS) is 11.8. The van der Waals surface area contributed by atoms with Gasteiger partial charge in [-0.25, -0.2) is 9.59 Å². The fraction of sp³-hybridized carbons (Fsp3) is 0.440. The first kappa shape index (κ1) is 32.8. The Morgan fingerprint density at radius 1 is 1.00 bits per heavy atom. The van der Waals surface area contributed by atoms with E-state index in [0.29, 0.717) is 40.0 Å². The van der Waals surface area contributed by atoms with Gasteiger partial charge in [0.25, 0.3) is 0 Å². The molecule has 0 saturated heterocycles. The summed E-state index contributed by atoms with van der Waals surface area (Å²) in [4.78, 5) is 21.4. The van der Waals surface area contributed by atoms with Crippen LogP contribution in [0.3, 0.4) is 0 Å². The minimum Gasteiger partial charge on any atom is -0.478 e. The van der Waals surface area contributed by atoms with Crippen LogP contribution in [0, 0.1) is 0 Å². The number of carbonyl (C=O) groups is 2. The van der Waals surface area contributed by atoms with Crippen LogP contribution in [-0.4, -0.2) is 58.7 Å². The highest BCUT2D eigenvalue weighted by molar-refractivity contribution is 7.11. The van der Waals surface area contributed by atoms with E-state index in [0.717, 1.165) is 56.7 Å². The number of unbranched alkanes of at least 4 members (excludes halogenated alkanes) is 3. The Bertz CT molecular complexity index is 962. The number of nitrogens with one attached hydrogen (secondary N) is 1. The Morgan fingerprint density at radius 3 is 2.16 bits per heavy atom. The molecule has 2 rings (SSSR count). The van der Waals surface area contributed by atoms with Crippen LogP contribution < -0.4 is 11.1 Å². The maximum Gasteiger partial charge on any atom is 0.328 e. The highest BCUT2D eigenvalue weighted by Gasteiger charge is 2.11. The Balaban J connectivity index is 0.000000738. The number of benzene rings is 1. The molecule has 1 unspecified atom stereocenters. The van der Waals surface area contributed by atoms with Crippen LogP contribution in [0.1, 0.15) is 47.1 Å². The molecule has 1 atom stereocenters. The monoisotopic (exact) mass is 576 g/mol. The zero-order valence-corrected chi connectivity index (χ0v) is 22.7. The van der Waals surface area contributed by atoms with Gasteiger partial charge in [0.1, 0.15) is 0 Å². The summed E-state index contributed by atoms with van der Waals surface area (Å²) < 4.78 is 5.68. The fourth-order valence-corrected chi connectivity index (χ4v) is 4.38. The molecule has 0 aliphatic heterocycles. The highest BCUT2D eigenvalue weighted by Crippen LogP contribution is 2.31. The maximum absolute atomic E-state index is 10.2. The van der Waals surface area contributed by atoms with E-state index in [1.54, 1.807) is 23.5 Å². The molecule has 0 spiro atoms. The molecule has 0 bridgehead atoms. The zero-order valence-electron chi connectivity index (χ0n) is 20.4. The lowest BCUT2D eigenvalue weighted by molar-refractivity contribution is -0.134. The van der Waals surface area contributed by atoms with Gasteiger partial charge >= 0.3 is 11.9 Å². The summed E-state index contributed by atoms with van der Waals surface area (Å²) in [5, 5.41) is 38.9. The molecule has 1 heterocycles. The second-order valence-electron chi connectivity index (χ2n) is 7.93. The van der Waals surface area contributed by atoms with Crippen LogP contribution >= 0.6 is 34.5 Å². The van der Waals surface area contributed by atoms with E-state index >= 15 is 0 Å². The summed E-state index contributed by atoms with van der Waals surface area (Å²) >= 11 is 13.7. The van der Waals surface area contributed by atoms with Crippen LogP contribution in [0.25, 0.3) is 0 Å². The number of aliphatic hydroxyl groups excluding tert-OH is 2. The van der Waals surface area contributed by atoms with Gasteiger partial charge in [-0.05, 0) is 49.2 Å². The van der Waals surface area contributed by atoms with Gasteiger partial charge in [0.2, 0.25) is 0 Å². The number of rotatable bonds is 16. The van der Waals surface area contributed by atoms with Crippen molar-refractivity contribution < 1.29 is 34.8 Å². The third-order valence-electron chi connectivity index (χ3n) is 4.95. The lowest BCUT2D eigenvalue weighted by atomic mass is 10.1. The molecule has 2 aromatic rings. The van der Waals surface area contributed by atoms with Gasteiger partial charge in [0.05, 0.1) is 35.1 Å². The van der Waals surface area contributed by atoms with Crippen molar-refractivity contribution in [1.29, 1.82) is 0 Å². The molecule has 1 aromatic heterocycles. The number of anilines is 1. The molecule has 0 amide bonds. The molecule has 12 heteroatoms. The van der Waals surface area contributed by atoms with Crippen molar-refractivity contribution in [3.05, 3.63) is 61.8 Å². The summed E-state index contributed by atoms with van der Waals surface area (Å²) in [6, 6.07) is 7.32. The molecule has 1 aromatic carbocycles. The maximum atomic E-state index is 10.2. The number of nitrogen functional groups attached to an aromatic ring is 1. The number of thiophene rings is 1. The van der Waals surface area contributed by atoms with Crippen molar-refractivity contribution in [3.8, 4) is 0 Å². The van der Waals surface area contributed by atoms with Gasteiger partial charge in [-0.2, -0.15) is 0 Å². The summed E-state index contributed by atoms with van der Waals surface area (Å²) in [5.74, 6) is -2.51. The molecule has 0 aliphatic carbocycles. The zero-order chi connectivity index (χ0) is 27.6. The molecular weight excluding hydrogens is 543 g/mol. The number of hydrogen-bond acceptors (Lipinski definition) is 8. The van der Waals surface area contributed by atoms with Gasteiger partial charge in [0, 0.05) is 41.5 Å². The second-order valence-corrected chi connectivity index (χ2v) is 10.00. The topological polar surface area (TPSA) is 162 Å². The Labute approximate surface area is 230 Å². The first-order valence-electron chi connectivity index (χ1n) is 11.7. The van der Waals surface area contributed by atoms with E-state index in [9.17, 15) is 14.7 Å². The lowest BCUT2D eigenvalue weighted by Crippen LogP contribution is -2.22. The van der Waals surface area contributed by atoms with E-state index in [-0.39, 0.29) is 6.61 Å². The minimum atomic E-state index is -1.26. The highest BCUT2D eigenvalue weighted by atomic mass is 35.5. The standard InChI is InChI=1S/C21H30Cl2N2O3S.C4H4O4/c22-18-11-15(12-19(23)21(18)24)20(27)13-25-8-3-1-2-4-9-28-10-7-16-5-6-17(14-26)29-16;5-3(6)1-2-4(7)8/h5-6,11-12,20,25-27H,1-4,7-10,13-14,24H2;1-2H,(H,5,6)(H,7,8)/b;2-1+. The number of carboxylic acids is 2. The summed E-state index contributed by atoms with van der Waals surface area (Å²) in [6.07, 6.45) is 5.70. The van der Waals surface area contributed by atoms with Crippen molar-refractivity contribution >= 4 is 52.2 Å². The number of hydrogen-bond donors (Lipinski definition) is 6. The van der Waals surface area contributed by atoms with E-state index in [1.807, 2.05) is 6.07 Å². The quantitative estimate of drug-likeness (QED) is 0.0971. The average molecular weight is 578 g/mol.